The number of likely N-dealkylation sites (tertiary alicyclic amines) is 2. The van der Waals surface area contributed by atoms with E-state index in [0.29, 0.717) is 11.7 Å². The molecule has 2 aliphatic heterocycles. The quantitative estimate of drug-likeness (QED) is 0.869. The monoisotopic (exact) mass is 315 g/mol. The Hall–Kier alpha value is -2.08. The molecule has 0 aliphatic carbocycles. The molecule has 2 atom stereocenters. The summed E-state index contributed by atoms with van der Waals surface area (Å²) in [5.41, 5.74) is 2.14. The zero-order chi connectivity index (χ0) is 16.0. The van der Waals surface area contributed by atoms with Gasteiger partial charge in [0.15, 0.2) is 5.76 Å². The Bertz CT molecular complexity index is 687. The second kappa shape index (κ2) is 5.53. The summed E-state index contributed by atoms with van der Waals surface area (Å²) in [6, 6.07) is 3.78. The minimum atomic E-state index is 0.0155. The summed E-state index contributed by atoms with van der Waals surface area (Å²) in [4.78, 5) is 17.0. The molecule has 0 radical (unpaired) electrons. The van der Waals surface area contributed by atoms with Gasteiger partial charge in [0.05, 0.1) is 12.0 Å². The lowest BCUT2D eigenvalue weighted by atomic mass is 9.99. The van der Waals surface area contributed by atoms with E-state index in [0.717, 1.165) is 44.1 Å². The molecule has 2 fully saturated rings. The van der Waals surface area contributed by atoms with Crippen LogP contribution in [0.15, 0.2) is 27.3 Å². The molecule has 0 aromatic carbocycles. The lowest BCUT2D eigenvalue weighted by Crippen LogP contribution is -2.43. The van der Waals surface area contributed by atoms with E-state index in [1.54, 1.807) is 18.4 Å². The molecule has 0 spiro atoms. The Morgan fingerprint density at radius 2 is 2.22 bits per heavy atom. The fourth-order valence-electron chi connectivity index (χ4n) is 3.93. The number of carbonyl (C=O) groups is 1. The molecule has 2 aliphatic rings. The SMILES string of the molecule is Cc1noc(C)c1CN1CC2CC(C1)N(C(=O)c1ccco1)C2. The van der Waals surface area contributed by atoms with Crippen molar-refractivity contribution in [2.24, 2.45) is 5.92 Å². The van der Waals surface area contributed by atoms with Gasteiger partial charge in [-0.3, -0.25) is 9.69 Å². The number of nitrogens with zero attached hydrogens (tertiary/aromatic N) is 3. The molecule has 2 saturated heterocycles. The minimum absolute atomic E-state index is 0.0155. The van der Waals surface area contributed by atoms with Crippen LogP contribution < -0.4 is 0 Å². The van der Waals surface area contributed by atoms with E-state index < -0.39 is 0 Å². The third-order valence-electron chi connectivity index (χ3n) is 5.04. The fourth-order valence-corrected chi connectivity index (χ4v) is 3.93. The molecule has 23 heavy (non-hydrogen) atoms. The Labute approximate surface area is 135 Å². The van der Waals surface area contributed by atoms with Crippen molar-refractivity contribution in [1.82, 2.24) is 15.0 Å². The molecule has 2 unspecified atom stereocenters. The van der Waals surface area contributed by atoms with Crippen molar-refractivity contribution in [3.63, 3.8) is 0 Å². The van der Waals surface area contributed by atoms with Gasteiger partial charge in [-0.25, -0.2) is 0 Å². The van der Waals surface area contributed by atoms with Gasteiger partial charge in [-0.2, -0.15) is 0 Å². The summed E-state index contributed by atoms with van der Waals surface area (Å²) in [7, 11) is 0. The van der Waals surface area contributed by atoms with Crippen LogP contribution in [0, 0.1) is 19.8 Å². The Morgan fingerprint density at radius 3 is 2.91 bits per heavy atom. The molecule has 0 saturated carbocycles. The number of aromatic nitrogens is 1. The maximum absolute atomic E-state index is 12.6. The van der Waals surface area contributed by atoms with Gasteiger partial charge in [0.25, 0.3) is 5.91 Å². The van der Waals surface area contributed by atoms with Crippen molar-refractivity contribution >= 4 is 5.91 Å². The Morgan fingerprint density at radius 1 is 1.35 bits per heavy atom. The lowest BCUT2D eigenvalue weighted by molar-refractivity contribution is 0.0680. The zero-order valence-electron chi connectivity index (χ0n) is 13.5. The average molecular weight is 315 g/mol. The minimum Gasteiger partial charge on any atom is -0.459 e. The first-order valence-corrected chi connectivity index (χ1v) is 8.10. The van der Waals surface area contributed by atoms with Gasteiger partial charge in [-0.05, 0) is 38.3 Å². The molecule has 2 aromatic rings. The molecule has 6 heteroatoms. The van der Waals surface area contributed by atoms with Gasteiger partial charge in [-0.15, -0.1) is 0 Å². The topological polar surface area (TPSA) is 62.7 Å². The maximum Gasteiger partial charge on any atom is 0.289 e. The Balaban J connectivity index is 1.47. The standard InChI is InChI=1S/C17H21N3O3/c1-11-15(12(2)23-18-11)10-19-7-13-6-14(9-19)20(8-13)17(21)16-4-3-5-22-16/h3-5,13-14H,6-10H2,1-2H3. The van der Waals surface area contributed by atoms with Crippen LogP contribution in [0.3, 0.4) is 0 Å². The fraction of sp³-hybridized carbons (Fsp3) is 0.529. The van der Waals surface area contributed by atoms with Gasteiger partial charge in [-0.1, -0.05) is 5.16 Å². The number of aryl methyl sites for hydroxylation is 2. The second-order valence-electron chi connectivity index (χ2n) is 6.69. The van der Waals surface area contributed by atoms with Gasteiger partial charge in [0.1, 0.15) is 5.76 Å². The summed E-state index contributed by atoms with van der Waals surface area (Å²) in [5, 5.41) is 4.03. The number of rotatable bonds is 3. The van der Waals surface area contributed by atoms with E-state index in [4.69, 9.17) is 8.94 Å². The van der Waals surface area contributed by atoms with E-state index in [9.17, 15) is 4.79 Å². The van der Waals surface area contributed by atoms with Gasteiger partial charge in [0.2, 0.25) is 0 Å². The van der Waals surface area contributed by atoms with Crippen LogP contribution in [-0.4, -0.2) is 46.5 Å². The number of furan rings is 1. The van der Waals surface area contributed by atoms with Crippen LogP contribution in [0.2, 0.25) is 0 Å². The predicted octanol–water partition coefficient (Wildman–Crippen LogP) is 2.23. The number of hydrogen-bond donors (Lipinski definition) is 0. The first kappa shape index (κ1) is 14.5. The van der Waals surface area contributed by atoms with Crippen LogP contribution >= 0.6 is 0 Å². The largest absolute Gasteiger partial charge is 0.459 e. The van der Waals surface area contributed by atoms with Crippen LogP contribution in [0.5, 0.6) is 0 Å². The molecule has 1 amide bonds. The van der Waals surface area contributed by atoms with Crippen molar-refractivity contribution in [2.75, 3.05) is 19.6 Å². The van der Waals surface area contributed by atoms with Crippen molar-refractivity contribution in [3.8, 4) is 0 Å². The molecule has 2 bridgehead atoms. The molecule has 0 N–H and O–H groups in total. The molecule has 122 valence electrons. The normalized spacial score (nSPS) is 24.3. The highest BCUT2D eigenvalue weighted by molar-refractivity contribution is 5.91. The van der Waals surface area contributed by atoms with E-state index in [1.165, 1.54) is 5.56 Å². The summed E-state index contributed by atoms with van der Waals surface area (Å²) in [6.45, 7) is 7.52. The second-order valence-corrected chi connectivity index (χ2v) is 6.69. The summed E-state index contributed by atoms with van der Waals surface area (Å²) < 4.78 is 10.5. The summed E-state index contributed by atoms with van der Waals surface area (Å²) in [6.07, 6.45) is 2.64. The Kier molecular flexibility index (Phi) is 3.49. The molecular formula is C17H21N3O3. The third kappa shape index (κ3) is 2.57. The average Bonchev–Trinajstić information content (AvgIpc) is 3.23. The molecule has 2 aromatic heterocycles. The molecule has 4 rings (SSSR count). The van der Waals surface area contributed by atoms with Gasteiger partial charge in [0, 0.05) is 37.8 Å². The number of piperidine rings is 1. The molecule has 4 heterocycles. The molecule has 6 nitrogen and oxygen atoms in total. The highest BCUT2D eigenvalue weighted by Gasteiger charge is 2.41. The number of fused-ring (bicyclic) bond motifs is 2. The van der Waals surface area contributed by atoms with Crippen LogP contribution in [-0.2, 0) is 6.54 Å². The predicted molar refractivity (Wildman–Crippen MR) is 82.9 cm³/mol. The smallest absolute Gasteiger partial charge is 0.289 e. The summed E-state index contributed by atoms with van der Waals surface area (Å²) in [5.74, 6) is 1.88. The van der Waals surface area contributed by atoms with E-state index in [-0.39, 0.29) is 11.9 Å². The number of hydrogen-bond acceptors (Lipinski definition) is 5. The van der Waals surface area contributed by atoms with Gasteiger partial charge < -0.3 is 13.8 Å². The third-order valence-corrected chi connectivity index (χ3v) is 5.04. The number of carbonyl (C=O) groups excluding carboxylic acids is 1. The van der Waals surface area contributed by atoms with E-state index >= 15 is 0 Å². The molecular weight excluding hydrogens is 294 g/mol. The number of amides is 1. The highest BCUT2D eigenvalue weighted by Crippen LogP contribution is 2.32. The van der Waals surface area contributed by atoms with Crippen molar-refractivity contribution in [3.05, 3.63) is 41.2 Å². The first-order valence-electron chi connectivity index (χ1n) is 8.10. The maximum atomic E-state index is 12.6. The van der Waals surface area contributed by atoms with Crippen LogP contribution in [0.25, 0.3) is 0 Å². The zero-order valence-corrected chi connectivity index (χ0v) is 13.5. The van der Waals surface area contributed by atoms with Crippen LogP contribution in [0.1, 0.15) is 34.0 Å². The van der Waals surface area contributed by atoms with Crippen molar-refractivity contribution < 1.29 is 13.7 Å². The lowest BCUT2D eigenvalue weighted by Gasteiger charge is -2.32. The van der Waals surface area contributed by atoms with E-state index in [2.05, 4.69) is 10.1 Å². The van der Waals surface area contributed by atoms with Crippen LogP contribution in [0.4, 0.5) is 0 Å². The first-order chi connectivity index (χ1) is 11.1. The van der Waals surface area contributed by atoms with E-state index in [1.807, 2.05) is 18.7 Å². The summed E-state index contributed by atoms with van der Waals surface area (Å²) >= 11 is 0. The highest BCUT2D eigenvalue weighted by atomic mass is 16.5. The van der Waals surface area contributed by atoms with Gasteiger partial charge >= 0.3 is 0 Å². The van der Waals surface area contributed by atoms with Crippen molar-refractivity contribution in [2.45, 2.75) is 32.9 Å². The van der Waals surface area contributed by atoms with Crippen molar-refractivity contribution in [1.29, 1.82) is 0 Å².